The number of ether oxygens (including phenoxy) is 1. The van der Waals surface area contributed by atoms with Crippen LogP contribution in [-0.4, -0.2) is 49.6 Å². The number of hydrogen-bond acceptors (Lipinski definition) is 6. The molecule has 0 spiro atoms. The van der Waals surface area contributed by atoms with Crippen LogP contribution in [0.25, 0.3) is 0 Å². The number of anilines is 2. The van der Waals surface area contributed by atoms with Crippen molar-refractivity contribution in [3.05, 3.63) is 12.4 Å². The van der Waals surface area contributed by atoms with E-state index in [1.807, 2.05) is 18.0 Å². The molecule has 0 aromatic carbocycles. The van der Waals surface area contributed by atoms with Gasteiger partial charge in [-0.05, 0) is 6.92 Å². The Labute approximate surface area is 107 Å². The fraction of sp³-hybridized carbons (Fsp3) is 0.583. The standard InChI is InChI=1S/C12H20N4O2/c1-10(17)4-6-16(2)12-8-11(14-9-15-12)13-5-7-18-3/h8-9H,4-7H2,1-3H3,(H,13,14,15). The molecule has 6 heteroatoms. The maximum Gasteiger partial charge on any atom is 0.133 e. The topological polar surface area (TPSA) is 67.3 Å². The molecule has 0 amide bonds. The molecular formula is C12H20N4O2. The molecule has 1 aromatic heterocycles. The van der Waals surface area contributed by atoms with Crippen molar-refractivity contribution in [2.24, 2.45) is 0 Å². The summed E-state index contributed by atoms with van der Waals surface area (Å²) in [4.78, 5) is 21.2. The molecule has 0 saturated carbocycles. The predicted molar refractivity (Wildman–Crippen MR) is 71.0 cm³/mol. The number of Topliss-reactive ketones (excluding diaryl/α,β-unsaturated/α-hetero) is 1. The third-order valence-electron chi connectivity index (χ3n) is 2.46. The molecule has 0 aliphatic rings. The molecule has 100 valence electrons. The zero-order chi connectivity index (χ0) is 13.4. The molecule has 0 aliphatic heterocycles. The minimum atomic E-state index is 0.175. The van der Waals surface area contributed by atoms with Crippen LogP contribution in [0, 0.1) is 0 Å². The summed E-state index contributed by atoms with van der Waals surface area (Å²) in [6.07, 6.45) is 2.03. The number of nitrogens with one attached hydrogen (secondary N) is 1. The molecule has 6 nitrogen and oxygen atoms in total. The SMILES string of the molecule is COCCNc1cc(N(C)CCC(C)=O)ncn1. The van der Waals surface area contributed by atoms with Crippen LogP contribution >= 0.6 is 0 Å². The summed E-state index contributed by atoms with van der Waals surface area (Å²) in [5.41, 5.74) is 0. The molecule has 0 aliphatic carbocycles. The van der Waals surface area contributed by atoms with Crippen molar-refractivity contribution >= 4 is 17.4 Å². The van der Waals surface area contributed by atoms with Crippen LogP contribution < -0.4 is 10.2 Å². The summed E-state index contributed by atoms with van der Waals surface area (Å²) < 4.78 is 4.95. The summed E-state index contributed by atoms with van der Waals surface area (Å²) in [7, 11) is 3.56. The zero-order valence-corrected chi connectivity index (χ0v) is 11.1. The van der Waals surface area contributed by atoms with Gasteiger partial charge in [0.25, 0.3) is 0 Å². The van der Waals surface area contributed by atoms with E-state index in [0.717, 1.165) is 11.6 Å². The molecular weight excluding hydrogens is 232 g/mol. The van der Waals surface area contributed by atoms with E-state index in [0.29, 0.717) is 26.1 Å². The van der Waals surface area contributed by atoms with Crippen LogP contribution in [0.4, 0.5) is 11.6 Å². The van der Waals surface area contributed by atoms with Crippen molar-refractivity contribution in [3.63, 3.8) is 0 Å². The largest absolute Gasteiger partial charge is 0.383 e. The highest BCUT2D eigenvalue weighted by Gasteiger charge is 2.05. The van der Waals surface area contributed by atoms with Crippen LogP contribution in [0.15, 0.2) is 12.4 Å². The fourth-order valence-electron chi connectivity index (χ4n) is 1.37. The Kier molecular flexibility index (Phi) is 6.07. The van der Waals surface area contributed by atoms with E-state index in [-0.39, 0.29) is 5.78 Å². The first-order valence-corrected chi connectivity index (χ1v) is 5.89. The lowest BCUT2D eigenvalue weighted by Crippen LogP contribution is -2.21. The second-order valence-corrected chi connectivity index (χ2v) is 4.05. The van der Waals surface area contributed by atoms with Gasteiger partial charge in [-0.1, -0.05) is 0 Å². The van der Waals surface area contributed by atoms with Crippen LogP contribution in [-0.2, 0) is 9.53 Å². The number of hydrogen-bond donors (Lipinski definition) is 1. The van der Waals surface area contributed by atoms with E-state index >= 15 is 0 Å². The highest BCUT2D eigenvalue weighted by Crippen LogP contribution is 2.12. The molecule has 0 saturated heterocycles. The van der Waals surface area contributed by atoms with Gasteiger partial charge in [-0.2, -0.15) is 0 Å². The predicted octanol–water partition coefficient (Wildman–Crippen LogP) is 0.950. The third-order valence-corrected chi connectivity index (χ3v) is 2.46. The number of nitrogens with zero attached hydrogens (tertiary/aromatic N) is 3. The van der Waals surface area contributed by atoms with Gasteiger partial charge in [-0.25, -0.2) is 9.97 Å². The highest BCUT2D eigenvalue weighted by atomic mass is 16.5. The summed E-state index contributed by atoms with van der Waals surface area (Å²) >= 11 is 0. The summed E-state index contributed by atoms with van der Waals surface area (Å²) in [6, 6.07) is 1.86. The van der Waals surface area contributed by atoms with Crippen LogP contribution in [0.1, 0.15) is 13.3 Å². The maximum absolute atomic E-state index is 10.9. The number of methoxy groups -OCH3 is 1. The van der Waals surface area contributed by atoms with Crippen molar-refractivity contribution in [2.75, 3.05) is 44.1 Å². The van der Waals surface area contributed by atoms with E-state index in [2.05, 4.69) is 15.3 Å². The van der Waals surface area contributed by atoms with Crippen LogP contribution in [0.2, 0.25) is 0 Å². The number of carbonyl (C=O) groups is 1. The average molecular weight is 252 g/mol. The van der Waals surface area contributed by atoms with Crippen LogP contribution in [0.3, 0.4) is 0 Å². The van der Waals surface area contributed by atoms with Crippen molar-refractivity contribution in [1.29, 1.82) is 0 Å². The normalized spacial score (nSPS) is 10.2. The minimum Gasteiger partial charge on any atom is -0.383 e. The first-order valence-electron chi connectivity index (χ1n) is 5.89. The number of rotatable bonds is 8. The minimum absolute atomic E-state index is 0.175. The summed E-state index contributed by atoms with van der Waals surface area (Å²) in [5, 5.41) is 3.14. The molecule has 1 rings (SSSR count). The fourth-order valence-corrected chi connectivity index (χ4v) is 1.37. The third kappa shape index (κ3) is 5.09. The number of carbonyl (C=O) groups excluding carboxylic acids is 1. The monoisotopic (exact) mass is 252 g/mol. The Bertz CT molecular complexity index is 384. The van der Waals surface area contributed by atoms with Gasteiger partial charge in [0, 0.05) is 39.7 Å². The first-order chi connectivity index (χ1) is 8.63. The molecule has 0 unspecified atom stereocenters. The highest BCUT2D eigenvalue weighted by molar-refractivity contribution is 5.76. The van der Waals surface area contributed by atoms with Gasteiger partial charge in [-0.15, -0.1) is 0 Å². The smallest absolute Gasteiger partial charge is 0.133 e. The molecule has 0 radical (unpaired) electrons. The molecule has 0 bridgehead atoms. The van der Waals surface area contributed by atoms with Gasteiger partial charge in [0.1, 0.15) is 23.7 Å². The lowest BCUT2D eigenvalue weighted by atomic mass is 10.3. The van der Waals surface area contributed by atoms with Gasteiger partial charge in [-0.3, -0.25) is 4.79 Å². The molecule has 1 heterocycles. The molecule has 0 fully saturated rings. The summed E-state index contributed by atoms with van der Waals surface area (Å²) in [6.45, 7) is 3.57. The van der Waals surface area contributed by atoms with E-state index in [1.165, 1.54) is 6.33 Å². The van der Waals surface area contributed by atoms with Gasteiger partial charge in [0.15, 0.2) is 0 Å². The van der Waals surface area contributed by atoms with E-state index < -0.39 is 0 Å². The second-order valence-electron chi connectivity index (χ2n) is 4.05. The number of aromatic nitrogens is 2. The molecule has 0 atom stereocenters. The van der Waals surface area contributed by atoms with Gasteiger partial charge < -0.3 is 15.0 Å². The Morgan fingerprint density at radius 3 is 2.94 bits per heavy atom. The second kappa shape index (κ2) is 7.60. The van der Waals surface area contributed by atoms with E-state index in [4.69, 9.17) is 4.74 Å². The Morgan fingerprint density at radius 1 is 1.50 bits per heavy atom. The van der Waals surface area contributed by atoms with E-state index in [1.54, 1.807) is 14.0 Å². The summed E-state index contributed by atoms with van der Waals surface area (Å²) in [5.74, 6) is 1.73. The molecule has 1 N–H and O–H groups in total. The number of ketones is 1. The van der Waals surface area contributed by atoms with Crippen molar-refractivity contribution in [1.82, 2.24) is 9.97 Å². The zero-order valence-electron chi connectivity index (χ0n) is 11.1. The van der Waals surface area contributed by atoms with Gasteiger partial charge in [0.2, 0.25) is 0 Å². The molecule has 18 heavy (non-hydrogen) atoms. The molecule has 1 aromatic rings. The Hall–Kier alpha value is -1.69. The van der Waals surface area contributed by atoms with Crippen LogP contribution in [0.5, 0.6) is 0 Å². The quantitative estimate of drug-likeness (QED) is 0.695. The van der Waals surface area contributed by atoms with Gasteiger partial charge >= 0.3 is 0 Å². The average Bonchev–Trinajstić information content (AvgIpc) is 2.36. The van der Waals surface area contributed by atoms with Gasteiger partial charge in [0.05, 0.1) is 6.61 Å². The Morgan fingerprint density at radius 2 is 2.28 bits per heavy atom. The van der Waals surface area contributed by atoms with Crippen molar-refractivity contribution in [2.45, 2.75) is 13.3 Å². The first kappa shape index (κ1) is 14.4. The Balaban J connectivity index is 2.54. The lowest BCUT2D eigenvalue weighted by molar-refractivity contribution is -0.116. The van der Waals surface area contributed by atoms with E-state index in [9.17, 15) is 4.79 Å². The lowest BCUT2D eigenvalue weighted by Gasteiger charge is -2.17. The maximum atomic E-state index is 10.9. The van der Waals surface area contributed by atoms with Crippen molar-refractivity contribution in [3.8, 4) is 0 Å². The van der Waals surface area contributed by atoms with Crippen molar-refractivity contribution < 1.29 is 9.53 Å².